The van der Waals surface area contributed by atoms with Gasteiger partial charge in [-0.3, -0.25) is 4.79 Å². The number of carbonyl (C=O) groups is 1. The van der Waals surface area contributed by atoms with E-state index in [-0.39, 0.29) is 35.7 Å². The van der Waals surface area contributed by atoms with Crippen molar-refractivity contribution in [3.63, 3.8) is 0 Å². The minimum atomic E-state index is -0.0126. The summed E-state index contributed by atoms with van der Waals surface area (Å²) in [6.07, 6.45) is 3.30. The predicted molar refractivity (Wildman–Crippen MR) is 115 cm³/mol. The van der Waals surface area contributed by atoms with Gasteiger partial charge in [-0.15, -0.1) is 23.7 Å². The van der Waals surface area contributed by atoms with E-state index >= 15 is 0 Å². The van der Waals surface area contributed by atoms with Gasteiger partial charge in [0, 0.05) is 11.5 Å². The van der Waals surface area contributed by atoms with Crippen LogP contribution in [0.15, 0.2) is 24.3 Å². The molecule has 4 rings (SSSR count). The summed E-state index contributed by atoms with van der Waals surface area (Å²) in [5.41, 5.74) is 2.34. The van der Waals surface area contributed by atoms with Crippen LogP contribution in [0, 0.1) is 18.3 Å². The van der Waals surface area contributed by atoms with Crippen LogP contribution in [0.2, 0.25) is 0 Å². The summed E-state index contributed by atoms with van der Waals surface area (Å²) >= 11 is 1.66. The molecule has 152 valence electrons. The van der Waals surface area contributed by atoms with Crippen molar-refractivity contribution in [2.45, 2.75) is 39.2 Å². The zero-order valence-corrected chi connectivity index (χ0v) is 18.2. The van der Waals surface area contributed by atoms with E-state index < -0.39 is 0 Å². The highest BCUT2D eigenvalue weighted by Gasteiger charge is 2.57. The Balaban J connectivity index is 0.00000225. The van der Waals surface area contributed by atoms with Crippen LogP contribution in [0.25, 0.3) is 10.6 Å². The molecule has 2 fully saturated rings. The summed E-state index contributed by atoms with van der Waals surface area (Å²) in [5, 5.41) is 7.62. The van der Waals surface area contributed by atoms with Gasteiger partial charge in [-0.25, -0.2) is 4.98 Å². The van der Waals surface area contributed by atoms with Crippen LogP contribution in [-0.2, 0) is 4.79 Å². The molecule has 1 amide bonds. The topological polar surface area (TPSA) is 63.2 Å². The van der Waals surface area contributed by atoms with Crippen molar-refractivity contribution >= 4 is 29.7 Å². The second-order valence-electron chi connectivity index (χ2n) is 7.80. The van der Waals surface area contributed by atoms with Gasteiger partial charge in [0.05, 0.1) is 23.7 Å². The summed E-state index contributed by atoms with van der Waals surface area (Å²) in [5.74, 6) is 1.24. The number of methoxy groups -OCH3 is 1. The molecule has 1 aromatic heterocycles. The van der Waals surface area contributed by atoms with Crippen molar-refractivity contribution in [2.75, 3.05) is 20.2 Å². The molecular formula is C21H28ClN3O2S. The maximum atomic E-state index is 12.8. The third-order valence-corrected chi connectivity index (χ3v) is 7.42. The molecular weight excluding hydrogens is 394 g/mol. The Morgan fingerprint density at radius 3 is 2.64 bits per heavy atom. The molecule has 1 aliphatic heterocycles. The number of benzene rings is 1. The van der Waals surface area contributed by atoms with Crippen LogP contribution in [0.3, 0.4) is 0 Å². The van der Waals surface area contributed by atoms with E-state index in [1.54, 1.807) is 18.4 Å². The van der Waals surface area contributed by atoms with Gasteiger partial charge < -0.3 is 15.4 Å². The van der Waals surface area contributed by atoms with Crippen LogP contribution < -0.4 is 15.4 Å². The van der Waals surface area contributed by atoms with Crippen LogP contribution in [0.5, 0.6) is 5.75 Å². The highest BCUT2D eigenvalue weighted by Crippen LogP contribution is 2.58. The van der Waals surface area contributed by atoms with Crippen molar-refractivity contribution in [2.24, 2.45) is 11.3 Å². The number of nitrogens with one attached hydrogen (secondary N) is 2. The first-order valence-corrected chi connectivity index (χ1v) is 10.5. The lowest BCUT2D eigenvalue weighted by Gasteiger charge is -2.23. The third-order valence-electron chi connectivity index (χ3n) is 6.03. The maximum absolute atomic E-state index is 12.8. The third kappa shape index (κ3) is 4.04. The molecule has 7 heteroatoms. The number of aromatic nitrogens is 1. The number of nitrogens with zero attached hydrogens (tertiary/aromatic N) is 1. The van der Waals surface area contributed by atoms with Gasteiger partial charge in [-0.05, 0) is 75.9 Å². The minimum absolute atomic E-state index is 0. The minimum Gasteiger partial charge on any atom is -0.497 e. The molecule has 0 radical (unpaired) electrons. The molecule has 28 heavy (non-hydrogen) atoms. The fourth-order valence-electron chi connectivity index (χ4n) is 4.24. The second-order valence-corrected chi connectivity index (χ2v) is 8.83. The van der Waals surface area contributed by atoms with Gasteiger partial charge in [0.25, 0.3) is 0 Å². The molecule has 1 saturated carbocycles. The van der Waals surface area contributed by atoms with Crippen molar-refractivity contribution in [3.05, 3.63) is 34.8 Å². The molecule has 2 aliphatic rings. The van der Waals surface area contributed by atoms with Gasteiger partial charge in [-0.2, -0.15) is 0 Å². The first-order valence-electron chi connectivity index (χ1n) is 9.65. The largest absolute Gasteiger partial charge is 0.497 e. The monoisotopic (exact) mass is 421 g/mol. The van der Waals surface area contributed by atoms with Gasteiger partial charge in [0.2, 0.25) is 5.91 Å². The number of hydrogen-bond acceptors (Lipinski definition) is 5. The standard InChI is InChI=1S/C21H27N3O2S.ClH/c1-13(23-19(25)17-12-21(17)8-10-22-11-9-21)18-14(2)24-20(27-18)15-4-6-16(26-3)7-5-15;/h4-7,13,17,22H,8-12H2,1-3H3,(H,23,25);1H. The predicted octanol–water partition coefficient (Wildman–Crippen LogP) is 4.12. The van der Waals surface area contributed by atoms with E-state index in [4.69, 9.17) is 9.72 Å². The highest BCUT2D eigenvalue weighted by atomic mass is 35.5. The number of hydrogen-bond donors (Lipinski definition) is 2. The van der Waals surface area contributed by atoms with E-state index in [2.05, 4.69) is 17.6 Å². The van der Waals surface area contributed by atoms with E-state index in [1.165, 1.54) is 0 Å². The lowest BCUT2D eigenvalue weighted by atomic mass is 9.91. The van der Waals surface area contributed by atoms with E-state index in [1.807, 2.05) is 31.2 Å². The Morgan fingerprint density at radius 2 is 2.00 bits per heavy atom. The lowest BCUT2D eigenvalue weighted by molar-refractivity contribution is -0.123. The smallest absolute Gasteiger partial charge is 0.224 e. The van der Waals surface area contributed by atoms with Crippen molar-refractivity contribution < 1.29 is 9.53 Å². The summed E-state index contributed by atoms with van der Waals surface area (Å²) in [6.45, 7) is 6.16. The molecule has 2 heterocycles. The molecule has 2 unspecified atom stereocenters. The normalized spacial score (nSPS) is 20.9. The molecule has 1 aliphatic carbocycles. The van der Waals surface area contributed by atoms with Crippen LogP contribution >= 0.6 is 23.7 Å². The first kappa shape index (κ1) is 21.1. The Bertz CT molecular complexity index is 831. The number of ether oxygens (including phenoxy) is 1. The quantitative estimate of drug-likeness (QED) is 0.762. The molecule has 0 bridgehead atoms. The number of aryl methyl sites for hydroxylation is 1. The van der Waals surface area contributed by atoms with Crippen molar-refractivity contribution in [1.82, 2.24) is 15.6 Å². The van der Waals surface area contributed by atoms with Gasteiger partial charge in [-0.1, -0.05) is 0 Å². The number of piperidine rings is 1. The molecule has 2 N–H and O–H groups in total. The van der Waals surface area contributed by atoms with Crippen LogP contribution in [0.4, 0.5) is 0 Å². The molecule has 1 aromatic carbocycles. The fourth-order valence-corrected chi connectivity index (χ4v) is 5.32. The molecule has 2 aromatic rings. The van der Waals surface area contributed by atoms with Crippen molar-refractivity contribution in [1.29, 1.82) is 0 Å². The van der Waals surface area contributed by atoms with E-state index in [0.29, 0.717) is 0 Å². The van der Waals surface area contributed by atoms with Crippen LogP contribution in [-0.4, -0.2) is 31.1 Å². The zero-order chi connectivity index (χ0) is 19.0. The molecule has 1 spiro atoms. The first-order chi connectivity index (χ1) is 13.0. The Morgan fingerprint density at radius 1 is 1.32 bits per heavy atom. The lowest BCUT2D eigenvalue weighted by Crippen LogP contribution is -2.34. The van der Waals surface area contributed by atoms with Gasteiger partial charge in [0.15, 0.2) is 0 Å². The summed E-state index contributed by atoms with van der Waals surface area (Å²) in [4.78, 5) is 18.6. The van der Waals surface area contributed by atoms with Gasteiger partial charge >= 0.3 is 0 Å². The van der Waals surface area contributed by atoms with Crippen LogP contribution in [0.1, 0.15) is 42.8 Å². The molecule has 1 saturated heterocycles. The summed E-state index contributed by atoms with van der Waals surface area (Å²) in [6, 6.07) is 7.93. The number of amides is 1. The van der Waals surface area contributed by atoms with E-state index in [0.717, 1.165) is 59.2 Å². The average molecular weight is 422 g/mol. The number of carbonyl (C=O) groups excluding carboxylic acids is 1. The summed E-state index contributed by atoms with van der Waals surface area (Å²) in [7, 11) is 1.67. The number of thiazole rings is 1. The number of rotatable bonds is 5. The maximum Gasteiger partial charge on any atom is 0.224 e. The Labute approximate surface area is 176 Å². The highest BCUT2D eigenvalue weighted by molar-refractivity contribution is 7.15. The molecule has 2 atom stereocenters. The average Bonchev–Trinajstić information content (AvgIpc) is 3.22. The second kappa shape index (κ2) is 8.39. The van der Waals surface area contributed by atoms with Gasteiger partial charge in [0.1, 0.15) is 10.8 Å². The Hall–Kier alpha value is -1.63. The number of halogens is 1. The zero-order valence-electron chi connectivity index (χ0n) is 16.6. The fraction of sp³-hybridized carbons (Fsp3) is 0.524. The molecule has 5 nitrogen and oxygen atoms in total. The van der Waals surface area contributed by atoms with Crippen molar-refractivity contribution in [3.8, 4) is 16.3 Å². The Kier molecular flexibility index (Phi) is 6.32. The van der Waals surface area contributed by atoms with E-state index in [9.17, 15) is 4.79 Å². The summed E-state index contributed by atoms with van der Waals surface area (Å²) < 4.78 is 5.22. The SMILES string of the molecule is COc1ccc(-c2nc(C)c(C(C)NC(=O)C3CC34CCNCC4)s2)cc1.Cl.